The molecule has 3 N–H and O–H groups in total. The standard InChI is InChI=1S/C12H24N2O/c13-9-12(10-5-7-15-8-6-10)14-11-3-1-2-4-11/h10-12,14H,1-9,13H2. The van der Waals surface area contributed by atoms with Gasteiger partial charge in [-0.3, -0.25) is 0 Å². The molecule has 2 rings (SSSR count). The van der Waals surface area contributed by atoms with Gasteiger partial charge in [0.15, 0.2) is 0 Å². The number of hydrogen-bond donors (Lipinski definition) is 2. The number of hydrogen-bond acceptors (Lipinski definition) is 3. The summed E-state index contributed by atoms with van der Waals surface area (Å²) in [6.07, 6.45) is 7.84. The van der Waals surface area contributed by atoms with Gasteiger partial charge in [0.1, 0.15) is 0 Å². The summed E-state index contributed by atoms with van der Waals surface area (Å²) in [5.74, 6) is 0.740. The summed E-state index contributed by atoms with van der Waals surface area (Å²) < 4.78 is 5.40. The van der Waals surface area contributed by atoms with E-state index in [9.17, 15) is 0 Å². The minimum atomic E-state index is 0.525. The van der Waals surface area contributed by atoms with Crippen LogP contribution in [0.25, 0.3) is 0 Å². The van der Waals surface area contributed by atoms with Gasteiger partial charge in [-0.15, -0.1) is 0 Å². The van der Waals surface area contributed by atoms with Crippen LogP contribution >= 0.6 is 0 Å². The fraction of sp³-hybridized carbons (Fsp3) is 1.00. The van der Waals surface area contributed by atoms with Gasteiger partial charge in [-0.1, -0.05) is 12.8 Å². The van der Waals surface area contributed by atoms with Gasteiger partial charge in [-0.2, -0.15) is 0 Å². The molecule has 1 aliphatic carbocycles. The third-order valence-corrected chi connectivity index (χ3v) is 3.89. The first-order valence-corrected chi connectivity index (χ1v) is 6.44. The van der Waals surface area contributed by atoms with Crippen LogP contribution < -0.4 is 11.1 Å². The van der Waals surface area contributed by atoms with Gasteiger partial charge in [-0.05, 0) is 31.6 Å². The molecule has 2 fully saturated rings. The highest BCUT2D eigenvalue weighted by Crippen LogP contribution is 2.22. The van der Waals surface area contributed by atoms with Crippen LogP contribution in [-0.2, 0) is 4.74 Å². The van der Waals surface area contributed by atoms with Crippen molar-refractivity contribution in [3.63, 3.8) is 0 Å². The van der Waals surface area contributed by atoms with E-state index < -0.39 is 0 Å². The van der Waals surface area contributed by atoms with Crippen molar-refractivity contribution in [2.75, 3.05) is 19.8 Å². The van der Waals surface area contributed by atoms with E-state index in [1.165, 1.54) is 38.5 Å². The van der Waals surface area contributed by atoms with Crippen molar-refractivity contribution in [3.8, 4) is 0 Å². The molecule has 0 spiro atoms. The van der Waals surface area contributed by atoms with Crippen LogP contribution in [0.1, 0.15) is 38.5 Å². The zero-order valence-corrected chi connectivity index (χ0v) is 9.58. The zero-order chi connectivity index (χ0) is 10.5. The number of rotatable bonds is 4. The fourth-order valence-electron chi connectivity index (χ4n) is 2.91. The molecular formula is C12H24N2O. The molecule has 1 saturated heterocycles. The Balaban J connectivity index is 1.79. The van der Waals surface area contributed by atoms with E-state index in [2.05, 4.69) is 5.32 Å². The van der Waals surface area contributed by atoms with Gasteiger partial charge in [-0.25, -0.2) is 0 Å². The normalized spacial score (nSPS) is 27.0. The lowest BCUT2D eigenvalue weighted by Crippen LogP contribution is -2.47. The molecule has 1 atom stereocenters. The Morgan fingerprint density at radius 2 is 1.80 bits per heavy atom. The highest BCUT2D eigenvalue weighted by Gasteiger charge is 2.26. The van der Waals surface area contributed by atoms with E-state index in [-0.39, 0.29) is 0 Å². The van der Waals surface area contributed by atoms with Gasteiger partial charge in [0.2, 0.25) is 0 Å². The van der Waals surface area contributed by atoms with Crippen molar-refractivity contribution in [3.05, 3.63) is 0 Å². The van der Waals surface area contributed by atoms with Crippen molar-refractivity contribution in [1.29, 1.82) is 0 Å². The first-order chi connectivity index (χ1) is 7.40. The Kier molecular flexibility index (Phi) is 4.42. The van der Waals surface area contributed by atoms with Crippen molar-refractivity contribution >= 4 is 0 Å². The zero-order valence-electron chi connectivity index (χ0n) is 9.58. The molecule has 0 aromatic rings. The van der Waals surface area contributed by atoms with Crippen LogP contribution in [0.2, 0.25) is 0 Å². The third-order valence-electron chi connectivity index (χ3n) is 3.89. The molecule has 3 heteroatoms. The second-order valence-electron chi connectivity index (χ2n) is 4.94. The van der Waals surface area contributed by atoms with Crippen LogP contribution in [0.15, 0.2) is 0 Å². The average molecular weight is 212 g/mol. The van der Waals surface area contributed by atoms with Crippen LogP contribution in [0.4, 0.5) is 0 Å². The molecule has 88 valence electrons. The molecule has 0 bridgehead atoms. The maximum Gasteiger partial charge on any atom is 0.0469 e. The van der Waals surface area contributed by atoms with E-state index >= 15 is 0 Å². The summed E-state index contributed by atoms with van der Waals surface area (Å²) in [5, 5.41) is 3.75. The summed E-state index contributed by atoms with van der Waals surface area (Å²) in [6, 6.07) is 1.26. The van der Waals surface area contributed by atoms with E-state index in [0.29, 0.717) is 6.04 Å². The van der Waals surface area contributed by atoms with E-state index in [1.807, 2.05) is 0 Å². The summed E-state index contributed by atoms with van der Waals surface area (Å²) >= 11 is 0. The highest BCUT2D eigenvalue weighted by atomic mass is 16.5. The van der Waals surface area contributed by atoms with Gasteiger partial charge in [0, 0.05) is 31.8 Å². The second kappa shape index (κ2) is 5.83. The van der Waals surface area contributed by atoms with E-state index in [1.54, 1.807) is 0 Å². The lowest BCUT2D eigenvalue weighted by molar-refractivity contribution is 0.0532. The molecule has 1 saturated carbocycles. The van der Waals surface area contributed by atoms with Crippen LogP contribution in [-0.4, -0.2) is 31.8 Å². The number of nitrogens with two attached hydrogens (primary N) is 1. The molecule has 0 radical (unpaired) electrons. The largest absolute Gasteiger partial charge is 0.381 e. The monoisotopic (exact) mass is 212 g/mol. The van der Waals surface area contributed by atoms with Crippen LogP contribution in [0, 0.1) is 5.92 Å². The maximum atomic E-state index is 5.88. The van der Waals surface area contributed by atoms with Crippen molar-refractivity contribution in [2.24, 2.45) is 11.7 Å². The molecule has 0 aromatic carbocycles. The first-order valence-electron chi connectivity index (χ1n) is 6.44. The van der Waals surface area contributed by atoms with Gasteiger partial charge in [0.25, 0.3) is 0 Å². The molecular weight excluding hydrogens is 188 g/mol. The lowest BCUT2D eigenvalue weighted by Gasteiger charge is -2.32. The number of ether oxygens (including phenoxy) is 1. The maximum absolute atomic E-state index is 5.88. The fourth-order valence-corrected chi connectivity index (χ4v) is 2.91. The lowest BCUT2D eigenvalue weighted by atomic mass is 9.91. The average Bonchev–Trinajstić information content (AvgIpc) is 2.80. The van der Waals surface area contributed by atoms with E-state index in [0.717, 1.165) is 31.7 Å². The second-order valence-corrected chi connectivity index (χ2v) is 4.94. The Hall–Kier alpha value is -0.120. The molecule has 0 aromatic heterocycles. The van der Waals surface area contributed by atoms with Crippen LogP contribution in [0.3, 0.4) is 0 Å². The number of nitrogens with one attached hydrogen (secondary N) is 1. The quantitative estimate of drug-likeness (QED) is 0.738. The predicted molar refractivity (Wildman–Crippen MR) is 61.8 cm³/mol. The van der Waals surface area contributed by atoms with Gasteiger partial charge in [0.05, 0.1) is 0 Å². The minimum absolute atomic E-state index is 0.525. The molecule has 1 heterocycles. The molecule has 1 aliphatic heterocycles. The summed E-state index contributed by atoms with van der Waals surface area (Å²) in [6.45, 7) is 2.63. The summed E-state index contributed by atoms with van der Waals surface area (Å²) in [4.78, 5) is 0. The summed E-state index contributed by atoms with van der Waals surface area (Å²) in [5.41, 5.74) is 5.88. The SMILES string of the molecule is NCC(NC1CCCC1)C1CCOCC1. The molecule has 15 heavy (non-hydrogen) atoms. The molecule has 3 nitrogen and oxygen atoms in total. The Morgan fingerprint density at radius 1 is 1.13 bits per heavy atom. The highest BCUT2D eigenvalue weighted by molar-refractivity contribution is 4.84. The van der Waals surface area contributed by atoms with Gasteiger partial charge < -0.3 is 15.8 Å². The summed E-state index contributed by atoms with van der Waals surface area (Å²) in [7, 11) is 0. The van der Waals surface area contributed by atoms with Crippen LogP contribution in [0.5, 0.6) is 0 Å². The smallest absolute Gasteiger partial charge is 0.0469 e. The molecule has 1 unspecified atom stereocenters. The van der Waals surface area contributed by atoms with E-state index in [4.69, 9.17) is 10.5 Å². The molecule has 0 amide bonds. The Morgan fingerprint density at radius 3 is 2.40 bits per heavy atom. The van der Waals surface area contributed by atoms with Gasteiger partial charge >= 0.3 is 0 Å². The minimum Gasteiger partial charge on any atom is -0.381 e. The van der Waals surface area contributed by atoms with Crippen molar-refractivity contribution < 1.29 is 4.74 Å². The Labute approximate surface area is 92.7 Å². The van der Waals surface area contributed by atoms with Crippen molar-refractivity contribution in [1.82, 2.24) is 5.32 Å². The first kappa shape index (κ1) is 11.4. The Bertz CT molecular complexity index is 174. The third kappa shape index (κ3) is 3.16. The molecule has 2 aliphatic rings. The topological polar surface area (TPSA) is 47.3 Å². The predicted octanol–water partition coefficient (Wildman–Crippen LogP) is 1.27. The van der Waals surface area contributed by atoms with Crippen molar-refractivity contribution in [2.45, 2.75) is 50.6 Å².